The van der Waals surface area contributed by atoms with Gasteiger partial charge in [-0.15, -0.1) is 0 Å². The van der Waals surface area contributed by atoms with Crippen molar-refractivity contribution in [3.8, 4) is 0 Å². The van der Waals surface area contributed by atoms with Crippen molar-refractivity contribution in [1.29, 1.82) is 0 Å². The van der Waals surface area contributed by atoms with E-state index in [2.05, 4.69) is 10.4 Å². The molecular weight excluding hydrogens is 431 g/mol. The van der Waals surface area contributed by atoms with Crippen LogP contribution in [0.3, 0.4) is 0 Å². The Morgan fingerprint density at radius 1 is 0.912 bits per heavy atom. The van der Waals surface area contributed by atoms with Crippen molar-refractivity contribution in [1.82, 2.24) is 20.0 Å². The van der Waals surface area contributed by atoms with Crippen LogP contribution in [-0.4, -0.2) is 33.0 Å². The second-order valence-corrected chi connectivity index (χ2v) is 8.22. The molecule has 0 unspecified atom stereocenters. The lowest BCUT2D eigenvalue weighted by Crippen LogP contribution is -2.39. The summed E-state index contributed by atoms with van der Waals surface area (Å²) >= 11 is 0. The second kappa shape index (κ2) is 9.31. The van der Waals surface area contributed by atoms with E-state index >= 15 is 0 Å². The normalized spacial score (nSPS) is 13.1. The quantitative estimate of drug-likeness (QED) is 0.475. The molecule has 7 heteroatoms. The van der Waals surface area contributed by atoms with E-state index < -0.39 is 0 Å². The number of fused-ring (bicyclic) bond motifs is 1. The van der Waals surface area contributed by atoms with Crippen LogP contribution in [-0.2, 0) is 13.1 Å². The zero-order valence-electron chi connectivity index (χ0n) is 18.4. The lowest BCUT2D eigenvalue weighted by atomic mass is 9.98. The Morgan fingerprint density at radius 3 is 2.15 bits per heavy atom. The third kappa shape index (κ3) is 4.45. The fraction of sp³-hybridized carbons (Fsp3) is 0.148. The number of hydrogen-bond acceptors (Lipinski definition) is 3. The number of aromatic nitrogens is 2. The largest absolute Gasteiger partial charge is 0.340 e. The summed E-state index contributed by atoms with van der Waals surface area (Å²) in [5.74, 6) is -0.867. The molecule has 34 heavy (non-hydrogen) atoms. The van der Waals surface area contributed by atoms with Crippen LogP contribution < -0.4 is 5.32 Å². The number of halogens is 1. The number of hydrogen-bond donors (Lipinski definition) is 1. The molecule has 3 aromatic carbocycles. The van der Waals surface area contributed by atoms with Gasteiger partial charge in [-0.3, -0.25) is 14.3 Å². The van der Waals surface area contributed by atoms with Gasteiger partial charge in [0.1, 0.15) is 11.5 Å². The SMILES string of the molecule is O=C(NC(c1ccccc1)c1ccccc1)c1cc2n(n1)CCN(Cc1ccc(F)cc1)C2=O. The minimum absolute atomic E-state index is 0.198. The van der Waals surface area contributed by atoms with Crippen LogP contribution in [0.1, 0.15) is 43.7 Å². The Morgan fingerprint density at radius 2 is 1.53 bits per heavy atom. The van der Waals surface area contributed by atoms with Gasteiger partial charge < -0.3 is 10.2 Å². The van der Waals surface area contributed by atoms with E-state index in [4.69, 9.17) is 0 Å². The minimum atomic E-state index is -0.350. The minimum Gasteiger partial charge on any atom is -0.340 e. The summed E-state index contributed by atoms with van der Waals surface area (Å²) in [6.07, 6.45) is 0. The molecule has 6 nitrogen and oxygen atoms in total. The van der Waals surface area contributed by atoms with Gasteiger partial charge in [0.2, 0.25) is 0 Å². The molecule has 0 spiro atoms. The first kappa shape index (κ1) is 21.6. The fourth-order valence-corrected chi connectivity index (χ4v) is 4.17. The molecular formula is C27H23FN4O2. The smallest absolute Gasteiger partial charge is 0.272 e. The number of carbonyl (C=O) groups is 2. The summed E-state index contributed by atoms with van der Waals surface area (Å²) in [6, 6.07) is 26.7. The van der Waals surface area contributed by atoms with Crippen LogP contribution in [0.5, 0.6) is 0 Å². The molecule has 4 aromatic rings. The van der Waals surface area contributed by atoms with Gasteiger partial charge in [0, 0.05) is 19.2 Å². The molecule has 0 saturated carbocycles. The first-order chi connectivity index (χ1) is 16.6. The molecule has 1 aromatic heterocycles. The third-order valence-corrected chi connectivity index (χ3v) is 5.93. The fourth-order valence-electron chi connectivity index (χ4n) is 4.17. The molecule has 0 saturated heterocycles. The number of nitrogens with zero attached hydrogens (tertiary/aromatic N) is 3. The van der Waals surface area contributed by atoms with Crippen LogP contribution in [0.4, 0.5) is 4.39 Å². The Hall–Kier alpha value is -4.26. The van der Waals surface area contributed by atoms with Crippen molar-refractivity contribution in [2.45, 2.75) is 19.1 Å². The van der Waals surface area contributed by atoms with E-state index in [9.17, 15) is 14.0 Å². The van der Waals surface area contributed by atoms with Crippen LogP contribution in [0.15, 0.2) is 91.0 Å². The van der Waals surface area contributed by atoms with Gasteiger partial charge in [0.15, 0.2) is 5.69 Å². The Balaban J connectivity index is 1.35. The average molecular weight is 455 g/mol. The third-order valence-electron chi connectivity index (χ3n) is 5.93. The van der Waals surface area contributed by atoms with E-state index in [0.29, 0.717) is 25.3 Å². The summed E-state index contributed by atoms with van der Waals surface area (Å²) < 4.78 is 14.8. The highest BCUT2D eigenvalue weighted by Crippen LogP contribution is 2.23. The molecule has 1 N–H and O–H groups in total. The molecule has 0 bridgehead atoms. The molecule has 0 fully saturated rings. The van der Waals surface area contributed by atoms with Crippen molar-refractivity contribution in [2.75, 3.05) is 6.54 Å². The maximum absolute atomic E-state index is 13.2. The highest BCUT2D eigenvalue weighted by atomic mass is 19.1. The lowest BCUT2D eigenvalue weighted by Gasteiger charge is -2.27. The van der Waals surface area contributed by atoms with Crippen LogP contribution in [0.25, 0.3) is 0 Å². The topological polar surface area (TPSA) is 67.2 Å². The number of nitrogens with one attached hydrogen (secondary N) is 1. The zero-order chi connectivity index (χ0) is 23.5. The Labute approximate surface area is 196 Å². The highest BCUT2D eigenvalue weighted by Gasteiger charge is 2.29. The number of rotatable bonds is 6. The van der Waals surface area contributed by atoms with Crippen molar-refractivity contribution < 1.29 is 14.0 Å². The zero-order valence-corrected chi connectivity index (χ0v) is 18.4. The van der Waals surface area contributed by atoms with E-state index in [-0.39, 0.29) is 29.4 Å². The van der Waals surface area contributed by atoms with Gasteiger partial charge in [0.25, 0.3) is 11.8 Å². The van der Waals surface area contributed by atoms with Gasteiger partial charge in [-0.25, -0.2) is 4.39 Å². The molecule has 0 atom stereocenters. The van der Waals surface area contributed by atoms with Crippen LogP contribution in [0, 0.1) is 5.82 Å². The summed E-state index contributed by atoms with van der Waals surface area (Å²) in [7, 11) is 0. The predicted octanol–water partition coefficient (Wildman–Crippen LogP) is 4.20. The number of amides is 2. The highest BCUT2D eigenvalue weighted by molar-refractivity contribution is 5.98. The van der Waals surface area contributed by atoms with Gasteiger partial charge in [-0.1, -0.05) is 72.8 Å². The molecule has 5 rings (SSSR count). The number of carbonyl (C=O) groups excluding carboxylic acids is 2. The molecule has 1 aliphatic rings. The summed E-state index contributed by atoms with van der Waals surface area (Å²) in [4.78, 5) is 27.9. The van der Waals surface area contributed by atoms with Crippen LogP contribution in [0.2, 0.25) is 0 Å². The summed E-state index contributed by atoms with van der Waals surface area (Å²) in [5, 5.41) is 7.47. The molecule has 1 aliphatic heterocycles. The summed E-state index contributed by atoms with van der Waals surface area (Å²) in [6.45, 7) is 1.31. The molecule has 2 amide bonds. The van der Waals surface area contributed by atoms with E-state index in [1.807, 2.05) is 60.7 Å². The first-order valence-corrected chi connectivity index (χ1v) is 11.1. The lowest BCUT2D eigenvalue weighted by molar-refractivity contribution is 0.0683. The predicted molar refractivity (Wildman–Crippen MR) is 126 cm³/mol. The molecule has 170 valence electrons. The Bertz CT molecular complexity index is 1260. The maximum atomic E-state index is 13.2. The average Bonchev–Trinajstić information content (AvgIpc) is 3.32. The number of benzene rings is 3. The summed E-state index contributed by atoms with van der Waals surface area (Å²) in [5.41, 5.74) is 3.31. The van der Waals surface area contributed by atoms with E-state index in [1.54, 1.807) is 27.8 Å². The van der Waals surface area contributed by atoms with E-state index in [0.717, 1.165) is 16.7 Å². The monoisotopic (exact) mass is 454 g/mol. The van der Waals surface area contributed by atoms with Crippen molar-refractivity contribution in [3.05, 3.63) is 125 Å². The van der Waals surface area contributed by atoms with Gasteiger partial charge in [-0.2, -0.15) is 5.10 Å². The Kier molecular flexibility index (Phi) is 5.91. The molecule has 2 heterocycles. The molecule has 0 aliphatic carbocycles. The van der Waals surface area contributed by atoms with Gasteiger partial charge >= 0.3 is 0 Å². The van der Waals surface area contributed by atoms with Crippen LogP contribution >= 0.6 is 0 Å². The van der Waals surface area contributed by atoms with Crippen molar-refractivity contribution >= 4 is 11.8 Å². The second-order valence-electron chi connectivity index (χ2n) is 8.22. The van der Waals surface area contributed by atoms with Gasteiger partial charge in [0.05, 0.1) is 12.6 Å². The van der Waals surface area contributed by atoms with Crippen molar-refractivity contribution in [2.24, 2.45) is 0 Å². The molecule has 0 radical (unpaired) electrons. The maximum Gasteiger partial charge on any atom is 0.272 e. The van der Waals surface area contributed by atoms with Crippen molar-refractivity contribution in [3.63, 3.8) is 0 Å². The first-order valence-electron chi connectivity index (χ1n) is 11.1. The standard InChI is InChI=1S/C27H23FN4O2/c28-22-13-11-19(12-14-22)18-31-15-16-32-24(27(31)34)17-23(30-32)26(33)29-25(20-7-3-1-4-8-20)21-9-5-2-6-10-21/h1-14,17,25H,15-16,18H2,(H,29,33). The van der Waals surface area contributed by atoms with E-state index in [1.165, 1.54) is 12.1 Å². The van der Waals surface area contributed by atoms with Gasteiger partial charge in [-0.05, 0) is 28.8 Å².